The fraction of sp³-hybridized carbons (Fsp3) is 0.308. The summed E-state index contributed by atoms with van der Waals surface area (Å²) >= 11 is 0. The first kappa shape index (κ1) is 12.5. The summed E-state index contributed by atoms with van der Waals surface area (Å²) in [5, 5.41) is 9.35. The summed E-state index contributed by atoms with van der Waals surface area (Å²) in [7, 11) is 0. The van der Waals surface area contributed by atoms with Gasteiger partial charge in [0.15, 0.2) is 6.23 Å². The lowest BCUT2D eigenvalue weighted by Gasteiger charge is -2.27. The summed E-state index contributed by atoms with van der Waals surface area (Å²) in [6.07, 6.45) is -1.46. The van der Waals surface area contributed by atoms with Crippen LogP contribution in [0.2, 0.25) is 0 Å². The Labute approximate surface area is 112 Å². The zero-order valence-electron chi connectivity index (χ0n) is 10.5. The number of rotatable bonds is 1. The molecule has 0 bridgehead atoms. The van der Waals surface area contributed by atoms with Crippen LogP contribution in [0.5, 0.6) is 0 Å². The minimum atomic E-state index is -1.46. The zero-order chi connectivity index (χ0) is 14.3. The van der Waals surface area contributed by atoms with E-state index in [-0.39, 0.29) is 10.9 Å². The minimum absolute atomic E-state index is 0.273. The van der Waals surface area contributed by atoms with Gasteiger partial charge in [-0.25, -0.2) is 14.2 Å². The minimum Gasteiger partial charge on any atom is -0.450 e. The maximum absolute atomic E-state index is 12.4. The molecular weight excluding hydrogens is 264 g/mol. The molecule has 1 aliphatic heterocycles. The Balaban J connectivity index is 2.34. The summed E-state index contributed by atoms with van der Waals surface area (Å²) in [6.45, 7) is 0.373. The Morgan fingerprint density at radius 1 is 1.20 bits per heavy atom. The molecule has 0 saturated carbocycles. The highest BCUT2D eigenvalue weighted by atomic mass is 16.7. The first-order chi connectivity index (χ1) is 9.59. The first-order valence-corrected chi connectivity index (χ1v) is 6.23. The average molecular weight is 276 g/mol. The van der Waals surface area contributed by atoms with Crippen LogP contribution in [-0.4, -0.2) is 20.6 Å². The normalized spacial score (nSPS) is 17.7. The molecule has 3 rings (SSSR count). The summed E-state index contributed by atoms with van der Waals surface area (Å²) in [6, 6.07) is 6.50. The molecule has 0 spiro atoms. The lowest BCUT2D eigenvalue weighted by Crippen LogP contribution is -2.44. The first-order valence-electron chi connectivity index (χ1n) is 6.23. The molecule has 0 saturated heterocycles. The third kappa shape index (κ3) is 1.78. The van der Waals surface area contributed by atoms with Crippen LogP contribution in [-0.2, 0) is 11.3 Å². The molecule has 2 aromatic rings. The topological polar surface area (TPSA) is 90.5 Å². The second-order valence-electron chi connectivity index (χ2n) is 4.60. The van der Waals surface area contributed by atoms with Crippen molar-refractivity contribution in [3.63, 3.8) is 0 Å². The van der Waals surface area contributed by atoms with E-state index in [0.29, 0.717) is 24.8 Å². The van der Waals surface area contributed by atoms with E-state index < -0.39 is 17.9 Å². The predicted molar refractivity (Wildman–Crippen MR) is 69.8 cm³/mol. The van der Waals surface area contributed by atoms with Crippen molar-refractivity contribution in [3.05, 3.63) is 45.0 Å². The standard InChI is InChI=1S/C13H12N2O5/c16-11-8-4-1-2-5-9(8)12(17)15-10(20-13(18)19)6-3-7-14(11)15/h1-2,4-5,10H,3,6-7H2,(H,18,19)/t10-/m0/s1. The van der Waals surface area contributed by atoms with Crippen LogP contribution in [0.25, 0.3) is 10.8 Å². The highest BCUT2D eigenvalue weighted by molar-refractivity contribution is 5.80. The molecule has 20 heavy (non-hydrogen) atoms. The van der Waals surface area contributed by atoms with E-state index in [4.69, 9.17) is 9.84 Å². The molecule has 1 aromatic carbocycles. The third-order valence-corrected chi connectivity index (χ3v) is 3.42. The monoisotopic (exact) mass is 276 g/mol. The molecule has 0 unspecified atom stereocenters. The van der Waals surface area contributed by atoms with Gasteiger partial charge in [0.1, 0.15) is 0 Å². The molecule has 0 radical (unpaired) electrons. The summed E-state index contributed by atoms with van der Waals surface area (Å²) < 4.78 is 7.10. The second kappa shape index (κ2) is 4.52. The van der Waals surface area contributed by atoms with Gasteiger partial charge in [0.2, 0.25) is 0 Å². The maximum Gasteiger partial charge on any atom is 0.507 e. The van der Waals surface area contributed by atoms with E-state index in [0.717, 1.165) is 4.68 Å². The smallest absolute Gasteiger partial charge is 0.450 e. The van der Waals surface area contributed by atoms with Crippen LogP contribution in [0.1, 0.15) is 19.1 Å². The highest BCUT2D eigenvalue weighted by Crippen LogP contribution is 2.20. The fourth-order valence-electron chi connectivity index (χ4n) is 2.58. The van der Waals surface area contributed by atoms with Crippen molar-refractivity contribution >= 4 is 16.9 Å². The van der Waals surface area contributed by atoms with Gasteiger partial charge >= 0.3 is 6.16 Å². The molecule has 0 aliphatic carbocycles. The molecule has 0 amide bonds. The van der Waals surface area contributed by atoms with Crippen LogP contribution in [0.15, 0.2) is 33.9 Å². The Kier molecular flexibility index (Phi) is 2.81. The van der Waals surface area contributed by atoms with Gasteiger partial charge in [0.25, 0.3) is 11.1 Å². The Bertz CT molecular complexity index is 804. The molecule has 1 N–H and O–H groups in total. The quantitative estimate of drug-likeness (QED) is 0.789. The molecule has 1 aromatic heterocycles. The average Bonchev–Trinajstić information content (AvgIpc) is 2.44. The predicted octanol–water partition coefficient (Wildman–Crippen LogP) is 1.15. The highest BCUT2D eigenvalue weighted by Gasteiger charge is 2.26. The summed E-state index contributed by atoms with van der Waals surface area (Å²) in [5.74, 6) is 0. The number of hydrogen-bond donors (Lipinski definition) is 1. The Hall–Kier alpha value is -2.57. The van der Waals surface area contributed by atoms with E-state index in [9.17, 15) is 14.4 Å². The van der Waals surface area contributed by atoms with Gasteiger partial charge in [-0.1, -0.05) is 12.1 Å². The number of ether oxygens (including phenoxy) is 1. The van der Waals surface area contributed by atoms with Crippen molar-refractivity contribution in [3.8, 4) is 0 Å². The largest absolute Gasteiger partial charge is 0.507 e. The van der Waals surface area contributed by atoms with Gasteiger partial charge < -0.3 is 9.84 Å². The third-order valence-electron chi connectivity index (χ3n) is 3.42. The lowest BCUT2D eigenvalue weighted by atomic mass is 10.1. The van der Waals surface area contributed by atoms with E-state index in [1.807, 2.05) is 0 Å². The second-order valence-corrected chi connectivity index (χ2v) is 4.60. The molecule has 0 fully saturated rings. The zero-order valence-corrected chi connectivity index (χ0v) is 10.5. The molecule has 2 heterocycles. The van der Waals surface area contributed by atoms with Crippen molar-refractivity contribution in [2.45, 2.75) is 25.6 Å². The van der Waals surface area contributed by atoms with E-state index >= 15 is 0 Å². The summed E-state index contributed by atoms with van der Waals surface area (Å²) in [5.41, 5.74) is -0.718. The fourth-order valence-corrected chi connectivity index (χ4v) is 2.58. The SMILES string of the molecule is O=C(O)O[C@H]1CCCn2c(=O)c3ccccc3c(=O)n21. The number of aromatic nitrogens is 2. The van der Waals surface area contributed by atoms with Gasteiger partial charge in [0, 0.05) is 13.0 Å². The van der Waals surface area contributed by atoms with Gasteiger partial charge in [-0.2, -0.15) is 0 Å². The van der Waals surface area contributed by atoms with Crippen molar-refractivity contribution < 1.29 is 14.6 Å². The van der Waals surface area contributed by atoms with E-state index in [1.165, 1.54) is 4.68 Å². The molecule has 104 valence electrons. The van der Waals surface area contributed by atoms with Crippen LogP contribution in [0.4, 0.5) is 4.79 Å². The number of carbonyl (C=O) groups is 1. The molecule has 7 nitrogen and oxygen atoms in total. The van der Waals surface area contributed by atoms with Crippen molar-refractivity contribution in [1.29, 1.82) is 0 Å². The van der Waals surface area contributed by atoms with Crippen LogP contribution < -0.4 is 11.1 Å². The van der Waals surface area contributed by atoms with Crippen LogP contribution in [0, 0.1) is 0 Å². The number of fused-ring (bicyclic) bond motifs is 2. The van der Waals surface area contributed by atoms with Crippen molar-refractivity contribution in [1.82, 2.24) is 9.36 Å². The number of nitrogens with zero attached hydrogens (tertiary/aromatic N) is 2. The molecular formula is C13H12N2O5. The molecule has 1 aliphatic rings. The number of carboxylic acid groups (broad SMARTS) is 1. The van der Waals surface area contributed by atoms with Gasteiger partial charge in [0.05, 0.1) is 10.8 Å². The number of benzene rings is 1. The van der Waals surface area contributed by atoms with Crippen molar-refractivity contribution in [2.75, 3.05) is 0 Å². The van der Waals surface area contributed by atoms with Crippen LogP contribution >= 0.6 is 0 Å². The molecule has 1 atom stereocenters. The van der Waals surface area contributed by atoms with Gasteiger partial charge in [-0.05, 0) is 18.6 Å². The maximum atomic E-state index is 12.4. The molecule has 7 heteroatoms. The lowest BCUT2D eigenvalue weighted by molar-refractivity contribution is -0.0168. The Morgan fingerprint density at radius 2 is 1.85 bits per heavy atom. The van der Waals surface area contributed by atoms with Gasteiger partial charge in [-0.15, -0.1) is 0 Å². The Morgan fingerprint density at radius 3 is 2.50 bits per heavy atom. The van der Waals surface area contributed by atoms with Gasteiger partial charge in [-0.3, -0.25) is 9.59 Å². The number of hydrogen-bond acceptors (Lipinski definition) is 4. The summed E-state index contributed by atoms with van der Waals surface area (Å²) in [4.78, 5) is 35.5. The van der Waals surface area contributed by atoms with E-state index in [2.05, 4.69) is 0 Å². The van der Waals surface area contributed by atoms with E-state index in [1.54, 1.807) is 24.3 Å². The van der Waals surface area contributed by atoms with Crippen molar-refractivity contribution in [2.24, 2.45) is 0 Å². The van der Waals surface area contributed by atoms with Crippen LogP contribution in [0.3, 0.4) is 0 Å².